The molecule has 0 bridgehead atoms. The molecule has 0 spiro atoms. The van der Waals surface area contributed by atoms with Gasteiger partial charge in [0.15, 0.2) is 17.4 Å². The van der Waals surface area contributed by atoms with E-state index < -0.39 is 10.2 Å². The number of likely N-dealkylation sites (N-methyl/N-ethyl adjacent to an activating group) is 1. The number of amides is 1. The Morgan fingerprint density at radius 1 is 1.06 bits per heavy atom. The molecule has 192 valence electrons. The van der Waals surface area contributed by atoms with Crippen LogP contribution in [0.3, 0.4) is 0 Å². The van der Waals surface area contributed by atoms with Crippen LogP contribution < -0.4 is 5.32 Å². The van der Waals surface area contributed by atoms with Crippen LogP contribution in [0, 0.1) is 5.41 Å². The number of aromatic hydroxyl groups is 1. The van der Waals surface area contributed by atoms with Crippen molar-refractivity contribution in [3.05, 3.63) is 58.7 Å². The van der Waals surface area contributed by atoms with Gasteiger partial charge in [-0.1, -0.05) is 45.0 Å². The summed E-state index contributed by atoms with van der Waals surface area (Å²) in [7, 11) is 0.848. The van der Waals surface area contributed by atoms with E-state index >= 15 is 0 Å². The maximum atomic E-state index is 12.5. The summed E-state index contributed by atoms with van der Waals surface area (Å²) in [6, 6.07) is 10.9. The number of carbonyl (C=O) groups is 1. The zero-order valence-corrected chi connectivity index (χ0v) is 22.3. The van der Waals surface area contributed by atoms with E-state index in [-0.39, 0.29) is 46.0 Å². The Labute approximate surface area is 212 Å². The SMILES string of the molecule is CN(C)C(=O)c1cccc(NC2=NS(=O)(=O)N=C2N(C)C(c2ccc3c(c2)CCC3)C(C)(C)C)c1O. The number of phenolic OH excluding ortho intramolecular Hbond substituents is 1. The highest BCUT2D eigenvalue weighted by molar-refractivity contribution is 7.89. The summed E-state index contributed by atoms with van der Waals surface area (Å²) in [6.07, 6.45) is 3.25. The van der Waals surface area contributed by atoms with Crippen LogP contribution in [0.4, 0.5) is 5.69 Å². The molecule has 1 atom stereocenters. The van der Waals surface area contributed by atoms with Crippen molar-refractivity contribution < 1.29 is 18.3 Å². The lowest BCUT2D eigenvalue weighted by Gasteiger charge is -2.39. The second-order valence-electron chi connectivity index (χ2n) is 10.6. The normalized spacial score (nSPS) is 17.2. The average molecular weight is 512 g/mol. The van der Waals surface area contributed by atoms with Gasteiger partial charge in [0, 0.05) is 21.1 Å². The molecule has 2 aromatic rings. The van der Waals surface area contributed by atoms with E-state index in [9.17, 15) is 18.3 Å². The standard InChI is InChI=1S/C26H33N5O4S/c1-26(2,3)22(18-14-13-16-9-7-10-17(16)15-18)31(6)24-23(28-36(34,35)29-24)27-20-12-8-11-19(21(20)32)25(33)30(4)5/h8,11-15,22,32H,7,9-10H2,1-6H3,(H,27,28). The first-order valence-electron chi connectivity index (χ1n) is 11.9. The molecule has 0 saturated heterocycles. The lowest BCUT2D eigenvalue weighted by Crippen LogP contribution is -2.43. The van der Waals surface area contributed by atoms with Gasteiger partial charge in [-0.2, -0.15) is 8.42 Å². The molecular formula is C26H33N5O4S. The fourth-order valence-electron chi connectivity index (χ4n) is 5.01. The Bertz CT molecular complexity index is 1370. The predicted molar refractivity (Wildman–Crippen MR) is 142 cm³/mol. The van der Waals surface area contributed by atoms with Crippen LogP contribution in [-0.2, 0) is 23.1 Å². The maximum absolute atomic E-state index is 12.5. The summed E-state index contributed by atoms with van der Waals surface area (Å²) >= 11 is 0. The molecule has 1 heterocycles. The quantitative estimate of drug-likeness (QED) is 0.604. The van der Waals surface area contributed by atoms with Gasteiger partial charge in [-0.05, 0) is 53.5 Å². The summed E-state index contributed by atoms with van der Waals surface area (Å²) in [5.41, 5.74) is 3.73. The number of amidine groups is 2. The van der Waals surface area contributed by atoms with E-state index in [0.29, 0.717) is 0 Å². The van der Waals surface area contributed by atoms with E-state index in [1.807, 2.05) is 4.90 Å². The molecule has 1 aliphatic heterocycles. The van der Waals surface area contributed by atoms with E-state index in [1.54, 1.807) is 33.3 Å². The van der Waals surface area contributed by atoms with Crippen molar-refractivity contribution in [2.24, 2.45) is 14.2 Å². The lowest BCUT2D eigenvalue weighted by molar-refractivity contribution is 0.0824. The number of benzene rings is 2. The molecule has 1 amide bonds. The second kappa shape index (κ2) is 9.24. The van der Waals surface area contributed by atoms with Crippen molar-refractivity contribution in [2.45, 2.75) is 46.1 Å². The minimum atomic E-state index is -4.12. The first-order valence-corrected chi connectivity index (χ1v) is 13.3. The van der Waals surface area contributed by atoms with Gasteiger partial charge in [-0.3, -0.25) is 4.79 Å². The molecular weight excluding hydrogens is 478 g/mol. The highest BCUT2D eigenvalue weighted by atomic mass is 32.2. The predicted octanol–water partition coefficient (Wildman–Crippen LogP) is 3.77. The highest BCUT2D eigenvalue weighted by Crippen LogP contribution is 2.40. The Balaban J connectivity index is 1.72. The number of rotatable bonds is 4. The Kier molecular flexibility index (Phi) is 6.59. The van der Waals surface area contributed by atoms with Crippen LogP contribution in [0.5, 0.6) is 5.75 Å². The van der Waals surface area contributed by atoms with Crippen molar-refractivity contribution in [2.75, 3.05) is 26.5 Å². The van der Waals surface area contributed by atoms with Crippen LogP contribution in [0.2, 0.25) is 0 Å². The third-order valence-corrected chi connectivity index (χ3v) is 7.34. The van der Waals surface area contributed by atoms with Crippen molar-refractivity contribution in [3.63, 3.8) is 0 Å². The smallest absolute Gasteiger partial charge is 0.367 e. The second-order valence-corrected chi connectivity index (χ2v) is 11.9. The first kappa shape index (κ1) is 25.7. The molecule has 2 aromatic carbocycles. The van der Waals surface area contributed by atoms with Crippen LogP contribution in [0.15, 0.2) is 45.2 Å². The van der Waals surface area contributed by atoms with E-state index in [4.69, 9.17) is 0 Å². The summed E-state index contributed by atoms with van der Waals surface area (Å²) in [6.45, 7) is 6.29. The zero-order valence-electron chi connectivity index (χ0n) is 21.5. The lowest BCUT2D eigenvalue weighted by atomic mass is 9.80. The number of aryl methyl sites for hydroxylation is 2. The van der Waals surface area contributed by atoms with Gasteiger partial charge in [0.1, 0.15) is 0 Å². The van der Waals surface area contributed by atoms with Crippen molar-refractivity contribution in [3.8, 4) is 5.75 Å². The van der Waals surface area contributed by atoms with E-state index in [2.05, 4.69) is 53.1 Å². The molecule has 0 radical (unpaired) electrons. The topological polar surface area (TPSA) is 115 Å². The molecule has 36 heavy (non-hydrogen) atoms. The third kappa shape index (κ3) is 4.95. The number of nitrogens with zero attached hydrogens (tertiary/aromatic N) is 4. The minimum Gasteiger partial charge on any atom is -0.505 e. The number of hydrogen-bond acceptors (Lipinski definition) is 6. The molecule has 0 fully saturated rings. The number of carbonyl (C=O) groups excluding carboxylic acids is 1. The monoisotopic (exact) mass is 511 g/mol. The molecule has 9 nitrogen and oxygen atoms in total. The first-order chi connectivity index (χ1) is 16.8. The van der Waals surface area contributed by atoms with Crippen LogP contribution in [-0.4, -0.2) is 62.0 Å². The summed E-state index contributed by atoms with van der Waals surface area (Å²) in [5, 5.41) is 13.7. The molecule has 1 aliphatic carbocycles. The fraction of sp³-hybridized carbons (Fsp3) is 0.423. The summed E-state index contributed by atoms with van der Waals surface area (Å²) in [4.78, 5) is 15.6. The van der Waals surface area contributed by atoms with Gasteiger partial charge in [-0.25, -0.2) is 0 Å². The molecule has 10 heteroatoms. The van der Waals surface area contributed by atoms with Gasteiger partial charge < -0.3 is 20.2 Å². The van der Waals surface area contributed by atoms with Crippen molar-refractivity contribution >= 4 is 33.5 Å². The van der Waals surface area contributed by atoms with Crippen LogP contribution >= 0.6 is 0 Å². The molecule has 0 saturated carbocycles. The van der Waals surface area contributed by atoms with Crippen molar-refractivity contribution in [1.82, 2.24) is 9.80 Å². The highest BCUT2D eigenvalue weighted by Gasteiger charge is 2.37. The Morgan fingerprint density at radius 2 is 1.75 bits per heavy atom. The molecule has 4 rings (SSSR count). The third-order valence-electron chi connectivity index (χ3n) is 6.53. The number of nitrogens with one attached hydrogen (secondary N) is 1. The number of fused-ring (bicyclic) bond motifs is 1. The zero-order chi connectivity index (χ0) is 26.4. The summed E-state index contributed by atoms with van der Waals surface area (Å²) < 4.78 is 32.7. The molecule has 2 aliphatic rings. The number of anilines is 1. The largest absolute Gasteiger partial charge is 0.505 e. The number of phenols is 1. The number of para-hydroxylation sites is 1. The van der Waals surface area contributed by atoms with Crippen LogP contribution in [0.1, 0.15) is 60.3 Å². The van der Waals surface area contributed by atoms with Crippen molar-refractivity contribution in [1.29, 1.82) is 0 Å². The van der Waals surface area contributed by atoms with Gasteiger partial charge >= 0.3 is 10.2 Å². The molecule has 1 unspecified atom stereocenters. The molecule has 0 aromatic heterocycles. The van der Waals surface area contributed by atoms with Crippen LogP contribution in [0.25, 0.3) is 0 Å². The minimum absolute atomic E-state index is 0.0161. The van der Waals surface area contributed by atoms with Gasteiger partial charge in [0.25, 0.3) is 5.91 Å². The van der Waals surface area contributed by atoms with Gasteiger partial charge in [-0.15, -0.1) is 8.80 Å². The van der Waals surface area contributed by atoms with Gasteiger partial charge in [0.2, 0.25) is 0 Å². The fourth-order valence-corrected chi connectivity index (χ4v) is 5.85. The summed E-state index contributed by atoms with van der Waals surface area (Å²) in [5.74, 6) is -0.555. The number of hydrogen-bond donors (Lipinski definition) is 2. The molecule has 2 N–H and O–H groups in total. The van der Waals surface area contributed by atoms with E-state index in [0.717, 1.165) is 24.8 Å². The maximum Gasteiger partial charge on any atom is 0.367 e. The van der Waals surface area contributed by atoms with Gasteiger partial charge in [0.05, 0.1) is 17.3 Å². The Hall–Kier alpha value is -3.40. The average Bonchev–Trinajstić information content (AvgIpc) is 3.36. The Morgan fingerprint density at radius 3 is 2.42 bits per heavy atom. The van der Waals surface area contributed by atoms with E-state index in [1.165, 1.54) is 22.1 Å².